The lowest BCUT2D eigenvalue weighted by molar-refractivity contribution is -0.147. The quantitative estimate of drug-likeness (QED) is 0.616. The Balaban J connectivity index is 1.74. The Hall–Kier alpha value is -2.63. The van der Waals surface area contributed by atoms with E-state index in [2.05, 4.69) is 5.32 Å². The van der Waals surface area contributed by atoms with Crippen LogP contribution in [0, 0.1) is 5.92 Å². The first-order valence-electron chi connectivity index (χ1n) is 7.06. The average Bonchev–Trinajstić information content (AvgIpc) is 2.98. The van der Waals surface area contributed by atoms with Crippen LogP contribution in [0.25, 0.3) is 0 Å². The first-order chi connectivity index (χ1) is 10.5. The second-order valence-electron chi connectivity index (χ2n) is 5.12. The summed E-state index contributed by atoms with van der Waals surface area (Å²) in [6.45, 7) is -0.327. The molecule has 1 aromatic rings. The first-order valence-corrected chi connectivity index (χ1v) is 7.06. The Labute approximate surface area is 128 Å². The standard InChI is InChI=1S/C16H18N2O4/c17-16(21)12-5-7-13(8-6-12)18-14(19)10-22-15(20)9-11-3-1-2-4-11/h1,3,5-8,11H,2,4,9-10H2,(H2,17,21)(H,18,19)/t11-/m1/s1. The van der Waals surface area contributed by atoms with Crippen molar-refractivity contribution in [2.75, 3.05) is 11.9 Å². The number of nitrogens with two attached hydrogens (primary N) is 1. The minimum atomic E-state index is -0.534. The van der Waals surface area contributed by atoms with Gasteiger partial charge in [-0.2, -0.15) is 0 Å². The van der Waals surface area contributed by atoms with E-state index in [0.29, 0.717) is 17.7 Å². The number of hydrogen-bond donors (Lipinski definition) is 2. The minimum Gasteiger partial charge on any atom is -0.456 e. The Morgan fingerprint density at radius 1 is 1.23 bits per heavy atom. The summed E-state index contributed by atoms with van der Waals surface area (Å²) in [5.41, 5.74) is 5.98. The molecule has 0 aliphatic heterocycles. The fourth-order valence-electron chi connectivity index (χ4n) is 2.20. The smallest absolute Gasteiger partial charge is 0.306 e. The molecule has 2 amide bonds. The van der Waals surface area contributed by atoms with E-state index in [9.17, 15) is 14.4 Å². The molecule has 22 heavy (non-hydrogen) atoms. The topological polar surface area (TPSA) is 98.5 Å². The fraction of sp³-hybridized carbons (Fsp3) is 0.312. The van der Waals surface area contributed by atoms with Gasteiger partial charge in [0.2, 0.25) is 5.91 Å². The van der Waals surface area contributed by atoms with Crippen LogP contribution >= 0.6 is 0 Å². The van der Waals surface area contributed by atoms with Crippen molar-refractivity contribution >= 4 is 23.5 Å². The minimum absolute atomic E-state index is 0.219. The summed E-state index contributed by atoms with van der Waals surface area (Å²) in [7, 11) is 0. The molecule has 0 fully saturated rings. The van der Waals surface area contributed by atoms with E-state index >= 15 is 0 Å². The highest BCUT2D eigenvalue weighted by Gasteiger charge is 2.16. The Morgan fingerprint density at radius 3 is 2.55 bits per heavy atom. The van der Waals surface area contributed by atoms with Gasteiger partial charge in [-0.05, 0) is 43.0 Å². The lowest BCUT2D eigenvalue weighted by Gasteiger charge is -2.09. The largest absolute Gasteiger partial charge is 0.456 e. The highest BCUT2D eigenvalue weighted by Crippen LogP contribution is 2.20. The Morgan fingerprint density at radius 2 is 1.95 bits per heavy atom. The summed E-state index contributed by atoms with van der Waals surface area (Å²) < 4.78 is 4.94. The zero-order valence-corrected chi connectivity index (χ0v) is 12.1. The maximum Gasteiger partial charge on any atom is 0.306 e. The van der Waals surface area contributed by atoms with Crippen molar-refractivity contribution < 1.29 is 19.1 Å². The number of primary amides is 1. The zero-order valence-electron chi connectivity index (χ0n) is 12.1. The Kier molecular flexibility index (Phi) is 5.30. The van der Waals surface area contributed by atoms with E-state index in [1.165, 1.54) is 12.1 Å². The molecule has 0 saturated carbocycles. The van der Waals surface area contributed by atoms with Gasteiger partial charge in [0.15, 0.2) is 6.61 Å². The molecule has 1 aliphatic rings. The number of hydrogen-bond acceptors (Lipinski definition) is 4. The molecular weight excluding hydrogens is 284 g/mol. The lowest BCUT2D eigenvalue weighted by atomic mass is 10.1. The van der Waals surface area contributed by atoms with Gasteiger partial charge in [0.1, 0.15) is 0 Å². The van der Waals surface area contributed by atoms with Crippen molar-refractivity contribution in [3.8, 4) is 0 Å². The molecule has 0 radical (unpaired) electrons. The van der Waals surface area contributed by atoms with E-state index in [1.54, 1.807) is 12.1 Å². The van der Waals surface area contributed by atoms with Gasteiger partial charge in [0, 0.05) is 11.3 Å². The monoisotopic (exact) mass is 302 g/mol. The molecule has 1 aliphatic carbocycles. The van der Waals surface area contributed by atoms with Crippen molar-refractivity contribution in [1.29, 1.82) is 0 Å². The molecule has 0 unspecified atom stereocenters. The van der Waals surface area contributed by atoms with E-state index in [0.717, 1.165) is 12.8 Å². The third-order valence-corrected chi connectivity index (χ3v) is 3.36. The van der Waals surface area contributed by atoms with Crippen LogP contribution in [0.2, 0.25) is 0 Å². The molecular formula is C16H18N2O4. The molecule has 6 nitrogen and oxygen atoms in total. The van der Waals surface area contributed by atoms with Crippen LogP contribution in [-0.4, -0.2) is 24.4 Å². The third kappa shape index (κ3) is 4.73. The van der Waals surface area contributed by atoms with E-state index in [4.69, 9.17) is 10.5 Å². The van der Waals surface area contributed by atoms with Gasteiger partial charge in [0.05, 0.1) is 6.42 Å². The number of carbonyl (C=O) groups excluding carboxylic acids is 3. The normalized spacial score (nSPS) is 16.3. The predicted octanol–water partition coefficient (Wildman–Crippen LogP) is 1.62. The van der Waals surface area contributed by atoms with E-state index < -0.39 is 11.8 Å². The summed E-state index contributed by atoms with van der Waals surface area (Å²) >= 11 is 0. The number of rotatable bonds is 6. The lowest BCUT2D eigenvalue weighted by Crippen LogP contribution is -2.21. The van der Waals surface area contributed by atoms with Crippen molar-refractivity contribution in [2.45, 2.75) is 19.3 Å². The van der Waals surface area contributed by atoms with E-state index in [1.807, 2.05) is 12.2 Å². The molecule has 0 spiro atoms. The fourth-order valence-corrected chi connectivity index (χ4v) is 2.20. The van der Waals surface area contributed by atoms with Crippen molar-refractivity contribution in [2.24, 2.45) is 11.7 Å². The number of esters is 1. The molecule has 1 aromatic carbocycles. The number of allylic oxidation sites excluding steroid dienone is 2. The molecule has 0 aromatic heterocycles. The molecule has 3 N–H and O–H groups in total. The summed E-state index contributed by atoms with van der Waals surface area (Å²) in [5.74, 6) is -1.12. The van der Waals surface area contributed by atoms with Crippen LogP contribution in [0.3, 0.4) is 0 Å². The van der Waals surface area contributed by atoms with Gasteiger partial charge < -0.3 is 15.8 Å². The van der Waals surface area contributed by atoms with Crippen LogP contribution in [0.5, 0.6) is 0 Å². The number of anilines is 1. The SMILES string of the molecule is NC(=O)c1ccc(NC(=O)COC(=O)C[C@@H]2C=CCC2)cc1. The van der Waals surface area contributed by atoms with Gasteiger partial charge in [0.25, 0.3) is 5.91 Å². The summed E-state index contributed by atoms with van der Waals surface area (Å²) in [6, 6.07) is 6.14. The molecule has 116 valence electrons. The van der Waals surface area contributed by atoms with Crippen molar-refractivity contribution in [3.63, 3.8) is 0 Å². The van der Waals surface area contributed by atoms with Gasteiger partial charge >= 0.3 is 5.97 Å². The predicted molar refractivity (Wildman–Crippen MR) is 81.0 cm³/mol. The maximum absolute atomic E-state index is 11.7. The first kappa shape index (κ1) is 15.8. The van der Waals surface area contributed by atoms with Gasteiger partial charge in [-0.15, -0.1) is 0 Å². The van der Waals surface area contributed by atoms with E-state index in [-0.39, 0.29) is 18.5 Å². The second-order valence-corrected chi connectivity index (χ2v) is 5.12. The molecule has 0 bridgehead atoms. The van der Waals surface area contributed by atoms with Crippen LogP contribution < -0.4 is 11.1 Å². The molecule has 0 saturated heterocycles. The number of benzene rings is 1. The van der Waals surface area contributed by atoms with Crippen molar-refractivity contribution in [1.82, 2.24) is 0 Å². The van der Waals surface area contributed by atoms with Crippen LogP contribution in [0.15, 0.2) is 36.4 Å². The summed E-state index contributed by atoms with van der Waals surface area (Å²) in [6.07, 6.45) is 6.28. The van der Waals surface area contributed by atoms with Crippen LogP contribution in [-0.2, 0) is 14.3 Å². The number of nitrogens with one attached hydrogen (secondary N) is 1. The molecule has 2 rings (SSSR count). The second kappa shape index (κ2) is 7.40. The van der Waals surface area contributed by atoms with Gasteiger partial charge in [-0.3, -0.25) is 14.4 Å². The molecule has 0 heterocycles. The number of ether oxygens (including phenoxy) is 1. The highest BCUT2D eigenvalue weighted by molar-refractivity contribution is 5.95. The zero-order chi connectivity index (χ0) is 15.9. The maximum atomic E-state index is 11.7. The van der Waals surface area contributed by atoms with Gasteiger partial charge in [-0.1, -0.05) is 12.2 Å². The molecule has 1 atom stereocenters. The summed E-state index contributed by atoms with van der Waals surface area (Å²) in [4.78, 5) is 34.2. The number of carbonyl (C=O) groups is 3. The molecule has 6 heteroatoms. The summed E-state index contributed by atoms with van der Waals surface area (Å²) in [5, 5.41) is 2.57. The average molecular weight is 302 g/mol. The van der Waals surface area contributed by atoms with Gasteiger partial charge in [-0.25, -0.2) is 0 Å². The third-order valence-electron chi connectivity index (χ3n) is 3.36. The van der Waals surface area contributed by atoms with Crippen LogP contribution in [0.1, 0.15) is 29.6 Å². The Bertz CT molecular complexity index is 593. The van der Waals surface area contributed by atoms with Crippen molar-refractivity contribution in [3.05, 3.63) is 42.0 Å². The van der Waals surface area contributed by atoms with Crippen LogP contribution in [0.4, 0.5) is 5.69 Å². The number of amides is 2. The highest BCUT2D eigenvalue weighted by atomic mass is 16.5.